The number of rotatable bonds is 6. The topological polar surface area (TPSA) is 67.7 Å². The Hall–Kier alpha value is -3.41. The molecule has 0 spiro atoms. The van der Waals surface area contributed by atoms with Crippen LogP contribution in [0.25, 0.3) is 11.0 Å². The molecule has 0 amide bonds. The predicted octanol–water partition coefficient (Wildman–Crippen LogP) is 4.38. The number of aromatic nitrogens is 4. The third-order valence-corrected chi connectivity index (χ3v) is 4.77. The van der Waals surface area contributed by atoms with Gasteiger partial charge in [0.15, 0.2) is 5.65 Å². The number of anilines is 3. The second kappa shape index (κ2) is 7.68. The van der Waals surface area contributed by atoms with Crippen molar-refractivity contribution in [3.05, 3.63) is 71.4 Å². The normalized spacial score (nSPS) is 11.0. The van der Waals surface area contributed by atoms with Crippen LogP contribution in [-0.2, 0) is 13.5 Å². The molecule has 0 radical (unpaired) electrons. The van der Waals surface area contributed by atoms with Gasteiger partial charge in [0.25, 0.3) is 0 Å². The van der Waals surface area contributed by atoms with Gasteiger partial charge in [0, 0.05) is 19.3 Å². The minimum atomic E-state index is 0.597. The van der Waals surface area contributed by atoms with Crippen molar-refractivity contribution < 1.29 is 0 Å². The lowest BCUT2D eigenvalue weighted by Crippen LogP contribution is -2.10. The Morgan fingerprint density at radius 2 is 1.82 bits per heavy atom. The molecule has 0 aliphatic carbocycles. The number of aryl methyl sites for hydroxylation is 3. The molecular weight excluding hydrogens is 348 g/mol. The fourth-order valence-corrected chi connectivity index (χ4v) is 3.24. The van der Waals surface area contributed by atoms with Crippen LogP contribution in [0.3, 0.4) is 0 Å². The number of hydrogen-bond donors (Lipinski definition) is 2. The lowest BCUT2D eigenvalue weighted by Gasteiger charge is -2.12. The summed E-state index contributed by atoms with van der Waals surface area (Å²) >= 11 is 0. The smallest absolute Gasteiger partial charge is 0.226 e. The van der Waals surface area contributed by atoms with Crippen LogP contribution < -0.4 is 10.6 Å². The number of nitrogens with zero attached hydrogens (tertiary/aromatic N) is 4. The third kappa shape index (κ3) is 3.81. The second-order valence-corrected chi connectivity index (χ2v) is 7.01. The van der Waals surface area contributed by atoms with Crippen LogP contribution in [0.2, 0.25) is 0 Å². The zero-order valence-corrected chi connectivity index (χ0v) is 16.4. The van der Waals surface area contributed by atoms with E-state index in [1.165, 1.54) is 16.7 Å². The van der Waals surface area contributed by atoms with E-state index in [0.717, 1.165) is 35.5 Å². The third-order valence-electron chi connectivity index (χ3n) is 4.77. The van der Waals surface area contributed by atoms with Crippen LogP contribution in [-0.4, -0.2) is 26.3 Å². The van der Waals surface area contributed by atoms with Crippen LogP contribution in [0, 0.1) is 13.8 Å². The number of fused-ring (bicyclic) bond motifs is 1. The van der Waals surface area contributed by atoms with Crippen molar-refractivity contribution in [2.75, 3.05) is 17.2 Å². The molecule has 0 atom stereocenters. The van der Waals surface area contributed by atoms with Gasteiger partial charge in [-0.05, 0) is 37.5 Å². The zero-order chi connectivity index (χ0) is 19.5. The molecule has 0 fully saturated rings. The number of nitrogens with one attached hydrogen (secondary N) is 2. The molecule has 0 aliphatic heterocycles. The highest BCUT2D eigenvalue weighted by molar-refractivity contribution is 5.89. The van der Waals surface area contributed by atoms with E-state index in [1.54, 1.807) is 10.9 Å². The molecule has 0 bridgehead atoms. The summed E-state index contributed by atoms with van der Waals surface area (Å²) in [5, 5.41) is 12.1. The van der Waals surface area contributed by atoms with Gasteiger partial charge < -0.3 is 10.6 Å². The second-order valence-electron chi connectivity index (χ2n) is 7.01. The fraction of sp³-hybridized carbons (Fsp3) is 0.227. The average Bonchev–Trinajstić information content (AvgIpc) is 3.06. The first kappa shape index (κ1) is 18.0. The van der Waals surface area contributed by atoms with Gasteiger partial charge in [-0.3, -0.25) is 4.68 Å². The molecule has 4 aromatic rings. The maximum absolute atomic E-state index is 4.72. The van der Waals surface area contributed by atoms with E-state index in [0.29, 0.717) is 5.95 Å². The maximum atomic E-state index is 4.72. The fourth-order valence-electron chi connectivity index (χ4n) is 3.24. The lowest BCUT2D eigenvalue weighted by atomic mass is 10.1. The van der Waals surface area contributed by atoms with Gasteiger partial charge in [0.05, 0.1) is 11.6 Å². The first-order valence-electron chi connectivity index (χ1n) is 9.42. The molecule has 0 saturated carbocycles. The van der Waals surface area contributed by atoms with Crippen LogP contribution in [0.4, 0.5) is 17.5 Å². The van der Waals surface area contributed by atoms with Crippen molar-refractivity contribution in [1.82, 2.24) is 19.7 Å². The van der Waals surface area contributed by atoms with Crippen LogP contribution in [0.15, 0.2) is 54.7 Å². The van der Waals surface area contributed by atoms with Crippen molar-refractivity contribution >= 4 is 28.5 Å². The number of hydrogen-bond acceptors (Lipinski definition) is 5. The maximum Gasteiger partial charge on any atom is 0.226 e. The Morgan fingerprint density at radius 1 is 1.00 bits per heavy atom. The van der Waals surface area contributed by atoms with Gasteiger partial charge in [0.1, 0.15) is 5.82 Å². The van der Waals surface area contributed by atoms with E-state index in [9.17, 15) is 0 Å². The monoisotopic (exact) mass is 372 g/mol. The van der Waals surface area contributed by atoms with E-state index in [1.807, 2.05) is 13.1 Å². The van der Waals surface area contributed by atoms with Crippen molar-refractivity contribution in [2.24, 2.45) is 7.05 Å². The summed E-state index contributed by atoms with van der Waals surface area (Å²) in [5.41, 5.74) is 5.52. The summed E-state index contributed by atoms with van der Waals surface area (Å²) in [5.74, 6) is 1.35. The summed E-state index contributed by atoms with van der Waals surface area (Å²) in [6.45, 7) is 4.95. The van der Waals surface area contributed by atoms with Crippen molar-refractivity contribution in [2.45, 2.75) is 20.3 Å². The Labute approximate surface area is 164 Å². The Morgan fingerprint density at radius 3 is 2.61 bits per heavy atom. The molecular formula is C22H24N6. The SMILES string of the molecule is Cc1ccc(Nc2nc(NCCc3ccccc3)nc3c2cnn3C)c(C)c1. The van der Waals surface area contributed by atoms with Crippen molar-refractivity contribution in [3.8, 4) is 0 Å². The van der Waals surface area contributed by atoms with Crippen LogP contribution in [0.1, 0.15) is 16.7 Å². The van der Waals surface area contributed by atoms with Gasteiger partial charge in [0.2, 0.25) is 5.95 Å². The summed E-state index contributed by atoms with van der Waals surface area (Å²) in [7, 11) is 1.89. The van der Waals surface area contributed by atoms with E-state index in [2.05, 4.69) is 77.0 Å². The molecule has 0 saturated heterocycles. The largest absolute Gasteiger partial charge is 0.354 e. The molecule has 6 nitrogen and oxygen atoms in total. The minimum absolute atomic E-state index is 0.597. The van der Waals surface area contributed by atoms with Gasteiger partial charge in [-0.25, -0.2) is 0 Å². The van der Waals surface area contributed by atoms with Crippen molar-refractivity contribution in [3.63, 3.8) is 0 Å². The standard InChI is InChI=1S/C22H24N6/c1-15-9-10-19(16(2)13-15)25-20-18-14-24-28(3)21(18)27-22(26-20)23-12-11-17-7-5-4-6-8-17/h4-10,13-14H,11-12H2,1-3H3,(H2,23,25,26,27). The Kier molecular flexibility index (Phi) is 4.93. The summed E-state index contributed by atoms with van der Waals surface area (Å²) in [4.78, 5) is 9.36. The van der Waals surface area contributed by atoms with Crippen LogP contribution in [0.5, 0.6) is 0 Å². The lowest BCUT2D eigenvalue weighted by molar-refractivity contribution is 0.785. The molecule has 28 heavy (non-hydrogen) atoms. The molecule has 2 heterocycles. The Bertz CT molecular complexity index is 1100. The Balaban J connectivity index is 1.60. The van der Waals surface area contributed by atoms with Gasteiger partial charge >= 0.3 is 0 Å². The minimum Gasteiger partial charge on any atom is -0.354 e. The molecule has 2 aromatic carbocycles. The highest BCUT2D eigenvalue weighted by atomic mass is 15.3. The molecule has 0 aliphatic rings. The van der Waals surface area contributed by atoms with E-state index < -0.39 is 0 Å². The predicted molar refractivity (Wildman–Crippen MR) is 114 cm³/mol. The summed E-state index contributed by atoms with van der Waals surface area (Å²) < 4.78 is 1.77. The average molecular weight is 372 g/mol. The summed E-state index contributed by atoms with van der Waals surface area (Å²) in [6.07, 6.45) is 2.71. The molecule has 4 rings (SSSR count). The van der Waals surface area contributed by atoms with E-state index >= 15 is 0 Å². The van der Waals surface area contributed by atoms with Gasteiger partial charge in [-0.2, -0.15) is 15.1 Å². The highest BCUT2D eigenvalue weighted by Crippen LogP contribution is 2.27. The van der Waals surface area contributed by atoms with E-state index in [-0.39, 0.29) is 0 Å². The van der Waals surface area contributed by atoms with E-state index in [4.69, 9.17) is 4.98 Å². The molecule has 0 unspecified atom stereocenters. The molecule has 6 heteroatoms. The first-order chi connectivity index (χ1) is 13.6. The molecule has 142 valence electrons. The zero-order valence-electron chi connectivity index (χ0n) is 16.4. The van der Waals surface area contributed by atoms with Crippen LogP contribution >= 0.6 is 0 Å². The number of benzene rings is 2. The first-order valence-corrected chi connectivity index (χ1v) is 9.42. The quantitative estimate of drug-likeness (QED) is 0.526. The summed E-state index contributed by atoms with van der Waals surface area (Å²) in [6, 6.07) is 16.7. The van der Waals surface area contributed by atoms with Crippen molar-refractivity contribution in [1.29, 1.82) is 0 Å². The van der Waals surface area contributed by atoms with Gasteiger partial charge in [-0.15, -0.1) is 0 Å². The highest BCUT2D eigenvalue weighted by Gasteiger charge is 2.12. The van der Waals surface area contributed by atoms with Gasteiger partial charge in [-0.1, -0.05) is 48.0 Å². The molecule has 2 N–H and O–H groups in total. The molecule has 2 aromatic heterocycles.